The first-order valence-corrected chi connectivity index (χ1v) is 7.25. The number of likely N-dealkylation sites (tertiary alicyclic amines) is 1. The summed E-state index contributed by atoms with van der Waals surface area (Å²) in [6, 6.07) is 11.6. The topological polar surface area (TPSA) is 15.3 Å². The van der Waals surface area contributed by atoms with Crippen molar-refractivity contribution in [2.75, 3.05) is 26.7 Å². The summed E-state index contributed by atoms with van der Waals surface area (Å²) >= 11 is 0. The van der Waals surface area contributed by atoms with Crippen LogP contribution >= 0.6 is 0 Å². The van der Waals surface area contributed by atoms with Gasteiger partial charge in [0.15, 0.2) is 0 Å². The van der Waals surface area contributed by atoms with Crippen LogP contribution in [0.5, 0.6) is 0 Å². The second-order valence-electron chi connectivity index (χ2n) is 5.49. The highest BCUT2D eigenvalue weighted by Gasteiger charge is 2.23. The van der Waals surface area contributed by atoms with Gasteiger partial charge in [0.25, 0.3) is 0 Å². The zero-order chi connectivity index (χ0) is 12.8. The lowest BCUT2D eigenvalue weighted by molar-refractivity contribution is 0.242. The predicted molar refractivity (Wildman–Crippen MR) is 78.0 cm³/mol. The number of likely N-dealkylation sites (N-methyl/N-ethyl adjacent to an activating group) is 1. The van der Waals surface area contributed by atoms with E-state index in [9.17, 15) is 0 Å². The van der Waals surface area contributed by atoms with Gasteiger partial charge in [-0.1, -0.05) is 37.3 Å². The molecule has 0 amide bonds. The molecule has 0 saturated carbocycles. The first-order valence-electron chi connectivity index (χ1n) is 7.25. The van der Waals surface area contributed by atoms with Gasteiger partial charge < -0.3 is 5.32 Å². The molecule has 0 bridgehead atoms. The largest absolute Gasteiger partial charge is 0.318 e. The molecule has 1 aromatic rings. The third-order valence-electron chi connectivity index (χ3n) is 4.16. The molecule has 2 nitrogen and oxygen atoms in total. The highest BCUT2D eigenvalue weighted by atomic mass is 15.2. The van der Waals surface area contributed by atoms with Crippen LogP contribution in [-0.2, 0) is 0 Å². The minimum absolute atomic E-state index is 0.669. The highest BCUT2D eigenvalue weighted by Crippen LogP contribution is 2.22. The van der Waals surface area contributed by atoms with Crippen molar-refractivity contribution >= 4 is 0 Å². The smallest absolute Gasteiger partial charge is 0.0220 e. The summed E-state index contributed by atoms with van der Waals surface area (Å²) < 4.78 is 0. The molecular formula is C16H26N2. The molecule has 2 atom stereocenters. The second kappa shape index (κ2) is 6.91. The van der Waals surface area contributed by atoms with E-state index in [2.05, 4.69) is 54.5 Å². The van der Waals surface area contributed by atoms with Gasteiger partial charge in [0.2, 0.25) is 0 Å². The van der Waals surface area contributed by atoms with E-state index in [1.54, 1.807) is 0 Å². The van der Waals surface area contributed by atoms with E-state index in [1.807, 2.05) is 0 Å². The highest BCUT2D eigenvalue weighted by molar-refractivity contribution is 5.18. The van der Waals surface area contributed by atoms with E-state index < -0.39 is 0 Å². The van der Waals surface area contributed by atoms with Crippen molar-refractivity contribution in [2.24, 2.45) is 0 Å². The summed E-state index contributed by atoms with van der Waals surface area (Å²) in [4.78, 5) is 2.66. The Hall–Kier alpha value is -0.860. The standard InChI is InChI=1S/C16H26N2/c1-14(15-7-4-3-5-8-15)10-12-18-11-6-9-16(18)13-17-2/h3-5,7-8,14,16-17H,6,9-13H2,1-2H3. The lowest BCUT2D eigenvalue weighted by atomic mass is 9.97. The van der Waals surface area contributed by atoms with Crippen LogP contribution in [0.2, 0.25) is 0 Å². The van der Waals surface area contributed by atoms with Crippen molar-refractivity contribution in [1.82, 2.24) is 10.2 Å². The maximum absolute atomic E-state index is 3.32. The lowest BCUT2D eigenvalue weighted by Crippen LogP contribution is -2.37. The molecule has 2 unspecified atom stereocenters. The number of hydrogen-bond donors (Lipinski definition) is 1. The maximum atomic E-state index is 3.32. The van der Waals surface area contributed by atoms with Gasteiger partial charge in [-0.15, -0.1) is 0 Å². The van der Waals surface area contributed by atoms with E-state index in [1.165, 1.54) is 37.9 Å². The van der Waals surface area contributed by atoms with Gasteiger partial charge in [-0.05, 0) is 50.9 Å². The van der Waals surface area contributed by atoms with Gasteiger partial charge in [0.05, 0.1) is 0 Å². The van der Waals surface area contributed by atoms with Crippen LogP contribution in [0.25, 0.3) is 0 Å². The molecule has 1 N–H and O–H groups in total. The lowest BCUT2D eigenvalue weighted by Gasteiger charge is -2.25. The number of benzene rings is 1. The van der Waals surface area contributed by atoms with Crippen LogP contribution < -0.4 is 5.32 Å². The zero-order valence-electron chi connectivity index (χ0n) is 11.7. The molecule has 1 heterocycles. The van der Waals surface area contributed by atoms with Gasteiger partial charge in [-0.2, -0.15) is 0 Å². The van der Waals surface area contributed by atoms with Gasteiger partial charge in [-0.25, -0.2) is 0 Å². The van der Waals surface area contributed by atoms with Crippen molar-refractivity contribution in [3.05, 3.63) is 35.9 Å². The number of nitrogens with zero attached hydrogens (tertiary/aromatic N) is 1. The predicted octanol–water partition coefficient (Wildman–Crippen LogP) is 2.86. The van der Waals surface area contributed by atoms with Crippen LogP contribution in [0.3, 0.4) is 0 Å². The number of rotatable bonds is 6. The average Bonchev–Trinajstić information content (AvgIpc) is 2.85. The van der Waals surface area contributed by atoms with Crippen LogP contribution in [0.1, 0.15) is 37.7 Å². The molecule has 1 fully saturated rings. The molecule has 0 radical (unpaired) electrons. The molecule has 0 aromatic heterocycles. The first kappa shape index (κ1) is 13.6. The molecule has 1 aromatic carbocycles. The van der Waals surface area contributed by atoms with Gasteiger partial charge in [0, 0.05) is 12.6 Å². The Morgan fingerprint density at radius 1 is 1.33 bits per heavy atom. The third kappa shape index (κ3) is 3.56. The third-order valence-corrected chi connectivity index (χ3v) is 4.16. The number of nitrogens with one attached hydrogen (secondary N) is 1. The van der Waals surface area contributed by atoms with Gasteiger partial charge in [0.1, 0.15) is 0 Å². The van der Waals surface area contributed by atoms with Crippen molar-refractivity contribution < 1.29 is 0 Å². The monoisotopic (exact) mass is 246 g/mol. The molecule has 1 aliphatic heterocycles. The minimum atomic E-state index is 0.669. The van der Waals surface area contributed by atoms with Crippen molar-refractivity contribution in [3.8, 4) is 0 Å². The normalized spacial score (nSPS) is 22.2. The maximum Gasteiger partial charge on any atom is 0.0220 e. The second-order valence-corrected chi connectivity index (χ2v) is 5.49. The molecule has 2 rings (SSSR count). The molecule has 1 aliphatic rings. The SMILES string of the molecule is CNCC1CCCN1CCC(C)c1ccccc1. The summed E-state index contributed by atoms with van der Waals surface area (Å²) in [5.74, 6) is 0.669. The van der Waals surface area contributed by atoms with E-state index in [-0.39, 0.29) is 0 Å². The van der Waals surface area contributed by atoms with Crippen LogP contribution in [0.15, 0.2) is 30.3 Å². The summed E-state index contributed by atoms with van der Waals surface area (Å²) in [7, 11) is 2.06. The Bertz CT molecular complexity index is 336. The summed E-state index contributed by atoms with van der Waals surface area (Å²) in [5.41, 5.74) is 1.47. The fourth-order valence-corrected chi connectivity index (χ4v) is 2.96. The Labute approximate surface area is 111 Å². The Balaban J connectivity index is 1.80. The molecule has 100 valence electrons. The van der Waals surface area contributed by atoms with Crippen molar-refractivity contribution in [3.63, 3.8) is 0 Å². The molecule has 0 aliphatic carbocycles. The van der Waals surface area contributed by atoms with E-state index in [4.69, 9.17) is 0 Å². The van der Waals surface area contributed by atoms with Crippen LogP contribution in [0, 0.1) is 0 Å². The minimum Gasteiger partial charge on any atom is -0.318 e. The molecule has 18 heavy (non-hydrogen) atoms. The Morgan fingerprint density at radius 2 is 2.11 bits per heavy atom. The number of hydrogen-bond acceptors (Lipinski definition) is 2. The fourth-order valence-electron chi connectivity index (χ4n) is 2.96. The molecular weight excluding hydrogens is 220 g/mol. The fraction of sp³-hybridized carbons (Fsp3) is 0.625. The Kier molecular flexibility index (Phi) is 5.21. The van der Waals surface area contributed by atoms with E-state index in [0.29, 0.717) is 5.92 Å². The molecule has 0 spiro atoms. The summed E-state index contributed by atoms with van der Waals surface area (Å²) in [6.07, 6.45) is 4.00. The quantitative estimate of drug-likeness (QED) is 0.830. The molecule has 2 heteroatoms. The van der Waals surface area contributed by atoms with Crippen molar-refractivity contribution in [2.45, 2.75) is 38.1 Å². The van der Waals surface area contributed by atoms with Crippen LogP contribution in [-0.4, -0.2) is 37.6 Å². The summed E-state index contributed by atoms with van der Waals surface area (Å²) in [6.45, 7) is 6.01. The Morgan fingerprint density at radius 3 is 2.83 bits per heavy atom. The van der Waals surface area contributed by atoms with E-state index in [0.717, 1.165) is 12.6 Å². The zero-order valence-corrected chi connectivity index (χ0v) is 11.7. The summed E-state index contributed by atoms with van der Waals surface area (Å²) in [5, 5.41) is 3.32. The first-order chi connectivity index (χ1) is 8.81. The van der Waals surface area contributed by atoms with E-state index >= 15 is 0 Å². The van der Waals surface area contributed by atoms with Crippen molar-refractivity contribution in [1.29, 1.82) is 0 Å². The average molecular weight is 246 g/mol. The van der Waals surface area contributed by atoms with Gasteiger partial charge in [-0.3, -0.25) is 4.90 Å². The van der Waals surface area contributed by atoms with Gasteiger partial charge >= 0.3 is 0 Å². The molecule has 1 saturated heterocycles. The van der Waals surface area contributed by atoms with Crippen LogP contribution in [0.4, 0.5) is 0 Å².